The Labute approximate surface area is 135 Å². The normalized spacial score (nSPS) is 11.3. The fourth-order valence-electron chi connectivity index (χ4n) is 1.74. The molecule has 118 valence electrons. The highest BCUT2D eigenvalue weighted by atomic mass is 35.5. The maximum absolute atomic E-state index is 11.9. The molecule has 0 saturated carbocycles. The molecule has 0 unspecified atom stereocenters. The topological polar surface area (TPSA) is 57.7 Å². The lowest BCUT2D eigenvalue weighted by atomic mass is 10.2. The molecule has 8 heteroatoms. The van der Waals surface area contributed by atoms with Crippen LogP contribution in [0, 0.1) is 0 Å². The van der Waals surface area contributed by atoms with E-state index in [4.69, 9.17) is 23.2 Å². The van der Waals surface area contributed by atoms with Crippen molar-refractivity contribution in [3.63, 3.8) is 0 Å². The van der Waals surface area contributed by atoms with Gasteiger partial charge in [0, 0.05) is 32.1 Å². The predicted molar refractivity (Wildman–Crippen MR) is 86.6 cm³/mol. The van der Waals surface area contributed by atoms with E-state index >= 15 is 0 Å². The fraction of sp³-hybridized carbons (Fsp3) is 0.462. The van der Waals surface area contributed by atoms with Crippen LogP contribution < -0.4 is 4.31 Å². The Bertz CT molecular complexity index is 618. The van der Waals surface area contributed by atoms with Crippen LogP contribution in [0.4, 0.5) is 5.69 Å². The molecule has 1 aromatic carbocycles. The van der Waals surface area contributed by atoms with Gasteiger partial charge in [0.1, 0.15) is 0 Å². The summed E-state index contributed by atoms with van der Waals surface area (Å²) in [4.78, 5) is 13.0. The molecule has 0 heterocycles. The number of nitrogens with zero attached hydrogens (tertiary/aromatic N) is 2. The first kappa shape index (κ1) is 18.1. The molecule has 1 rings (SSSR count). The molecular weight excluding hydrogens is 335 g/mol. The largest absolute Gasteiger partial charge is 0.349 e. The lowest BCUT2D eigenvalue weighted by molar-refractivity contribution is -0.128. The van der Waals surface area contributed by atoms with Gasteiger partial charge in [-0.1, -0.05) is 23.2 Å². The van der Waals surface area contributed by atoms with E-state index in [1.807, 2.05) is 0 Å². The molecule has 5 nitrogen and oxygen atoms in total. The van der Waals surface area contributed by atoms with Gasteiger partial charge in [-0.25, -0.2) is 8.42 Å². The summed E-state index contributed by atoms with van der Waals surface area (Å²) in [6.07, 6.45) is 1.75. The number of hydrogen-bond acceptors (Lipinski definition) is 3. The van der Waals surface area contributed by atoms with E-state index in [2.05, 4.69) is 0 Å². The van der Waals surface area contributed by atoms with E-state index in [0.29, 0.717) is 22.2 Å². The summed E-state index contributed by atoms with van der Waals surface area (Å²) in [5, 5.41) is 0.691. The van der Waals surface area contributed by atoms with E-state index in [-0.39, 0.29) is 18.9 Å². The Balaban J connectivity index is 2.93. The van der Waals surface area contributed by atoms with E-state index in [1.54, 1.807) is 26.2 Å². The molecule has 0 aromatic heterocycles. The SMILES string of the molecule is CN(C)C(=O)CCCN(c1cc(Cl)ccc1Cl)S(C)(=O)=O. The number of amides is 1. The van der Waals surface area contributed by atoms with Crippen molar-refractivity contribution in [3.05, 3.63) is 28.2 Å². The van der Waals surface area contributed by atoms with E-state index in [9.17, 15) is 13.2 Å². The second-order valence-corrected chi connectivity index (χ2v) is 7.57. The smallest absolute Gasteiger partial charge is 0.232 e. The van der Waals surface area contributed by atoms with Crippen LogP contribution in [0.2, 0.25) is 10.0 Å². The lowest BCUT2D eigenvalue weighted by Gasteiger charge is -2.23. The summed E-state index contributed by atoms with van der Waals surface area (Å²) in [5.41, 5.74) is 0.323. The monoisotopic (exact) mass is 352 g/mol. The zero-order valence-corrected chi connectivity index (χ0v) is 14.5. The molecule has 0 bridgehead atoms. The third-order valence-electron chi connectivity index (χ3n) is 2.83. The molecule has 0 N–H and O–H groups in total. The average Bonchev–Trinajstić information content (AvgIpc) is 2.36. The fourth-order valence-corrected chi connectivity index (χ4v) is 3.14. The van der Waals surface area contributed by atoms with Crippen molar-refractivity contribution in [2.24, 2.45) is 0 Å². The molecule has 0 aliphatic rings. The lowest BCUT2D eigenvalue weighted by Crippen LogP contribution is -2.32. The summed E-state index contributed by atoms with van der Waals surface area (Å²) in [6.45, 7) is 0.165. The van der Waals surface area contributed by atoms with Crippen LogP contribution >= 0.6 is 23.2 Å². The van der Waals surface area contributed by atoms with Crippen LogP contribution in [0.3, 0.4) is 0 Å². The summed E-state index contributed by atoms with van der Waals surface area (Å²) in [7, 11) is -0.196. The van der Waals surface area contributed by atoms with Gasteiger partial charge in [0.2, 0.25) is 15.9 Å². The van der Waals surface area contributed by atoms with Crippen molar-refractivity contribution in [2.45, 2.75) is 12.8 Å². The molecule has 0 aliphatic carbocycles. The highest BCUT2D eigenvalue weighted by Gasteiger charge is 2.20. The minimum absolute atomic E-state index is 0.0550. The highest BCUT2D eigenvalue weighted by molar-refractivity contribution is 7.92. The standard InChI is InChI=1S/C13H18Cl2N2O3S/c1-16(2)13(18)5-4-8-17(21(3,19)20)12-9-10(14)6-7-11(12)15/h6-7,9H,4-5,8H2,1-3H3. The number of anilines is 1. The molecule has 1 amide bonds. The molecular formula is C13H18Cl2N2O3S. The number of rotatable bonds is 6. The zero-order valence-electron chi connectivity index (χ0n) is 12.1. The summed E-state index contributed by atoms with van der Waals surface area (Å²) in [6, 6.07) is 4.63. The molecule has 0 radical (unpaired) electrons. The van der Waals surface area contributed by atoms with Crippen molar-refractivity contribution >= 4 is 44.8 Å². The van der Waals surface area contributed by atoms with Gasteiger partial charge in [0.25, 0.3) is 0 Å². The molecule has 21 heavy (non-hydrogen) atoms. The van der Waals surface area contributed by atoms with Crippen LogP contribution in [-0.2, 0) is 14.8 Å². The molecule has 0 spiro atoms. The van der Waals surface area contributed by atoms with Crippen molar-refractivity contribution in [1.29, 1.82) is 0 Å². The van der Waals surface area contributed by atoms with Gasteiger partial charge in [-0.05, 0) is 24.6 Å². The average molecular weight is 353 g/mol. The molecule has 0 atom stereocenters. The Morgan fingerprint density at radius 3 is 2.38 bits per heavy atom. The Morgan fingerprint density at radius 2 is 1.86 bits per heavy atom. The first-order valence-corrected chi connectivity index (χ1v) is 8.86. The number of benzene rings is 1. The number of carbonyl (C=O) groups is 1. The van der Waals surface area contributed by atoms with Gasteiger partial charge in [0.15, 0.2) is 0 Å². The summed E-state index contributed by atoms with van der Waals surface area (Å²) < 4.78 is 25.0. The Hall–Kier alpha value is -0.980. The maximum Gasteiger partial charge on any atom is 0.232 e. The van der Waals surface area contributed by atoms with Crippen LogP contribution in [-0.4, -0.2) is 46.1 Å². The van der Waals surface area contributed by atoms with Gasteiger partial charge >= 0.3 is 0 Å². The first-order valence-electron chi connectivity index (χ1n) is 6.26. The quantitative estimate of drug-likeness (QED) is 0.790. The second kappa shape index (κ2) is 7.33. The van der Waals surface area contributed by atoms with Gasteiger partial charge in [-0.2, -0.15) is 0 Å². The van der Waals surface area contributed by atoms with Crippen LogP contribution in [0.25, 0.3) is 0 Å². The third kappa shape index (κ3) is 5.37. The maximum atomic E-state index is 11.9. The number of halogens is 2. The Kier molecular flexibility index (Phi) is 6.31. The summed E-state index contributed by atoms with van der Waals surface area (Å²) in [5.74, 6) is -0.0550. The zero-order chi connectivity index (χ0) is 16.2. The first-order chi connectivity index (χ1) is 9.62. The van der Waals surface area contributed by atoms with Crippen molar-refractivity contribution in [2.75, 3.05) is 31.2 Å². The minimum Gasteiger partial charge on any atom is -0.349 e. The molecule has 0 fully saturated rings. The van der Waals surface area contributed by atoms with E-state index in [1.165, 1.54) is 15.3 Å². The predicted octanol–water partition coefficient (Wildman–Crippen LogP) is 2.63. The number of carbonyl (C=O) groups excluding carboxylic acids is 1. The Morgan fingerprint density at radius 1 is 1.24 bits per heavy atom. The van der Waals surface area contributed by atoms with Gasteiger partial charge in [-0.15, -0.1) is 0 Å². The molecule has 0 saturated heterocycles. The van der Waals surface area contributed by atoms with Crippen molar-refractivity contribution in [3.8, 4) is 0 Å². The number of sulfonamides is 1. The molecule has 0 aliphatic heterocycles. The van der Waals surface area contributed by atoms with Crippen molar-refractivity contribution < 1.29 is 13.2 Å². The third-order valence-corrected chi connectivity index (χ3v) is 4.56. The van der Waals surface area contributed by atoms with Gasteiger partial charge < -0.3 is 4.90 Å². The van der Waals surface area contributed by atoms with E-state index in [0.717, 1.165) is 6.26 Å². The van der Waals surface area contributed by atoms with E-state index < -0.39 is 10.0 Å². The van der Waals surface area contributed by atoms with Crippen LogP contribution in [0.15, 0.2) is 18.2 Å². The van der Waals surface area contributed by atoms with Crippen LogP contribution in [0.5, 0.6) is 0 Å². The molecule has 1 aromatic rings. The van der Waals surface area contributed by atoms with Crippen molar-refractivity contribution in [1.82, 2.24) is 4.90 Å². The summed E-state index contributed by atoms with van der Waals surface area (Å²) >= 11 is 11.9. The van der Waals surface area contributed by atoms with Gasteiger partial charge in [0.05, 0.1) is 17.0 Å². The highest BCUT2D eigenvalue weighted by Crippen LogP contribution is 2.30. The second-order valence-electron chi connectivity index (χ2n) is 4.82. The van der Waals surface area contributed by atoms with Gasteiger partial charge in [-0.3, -0.25) is 9.10 Å². The number of hydrogen-bond donors (Lipinski definition) is 0. The van der Waals surface area contributed by atoms with Crippen LogP contribution in [0.1, 0.15) is 12.8 Å². The minimum atomic E-state index is -3.51.